The van der Waals surface area contributed by atoms with Crippen LogP contribution in [0.2, 0.25) is 0 Å². The van der Waals surface area contributed by atoms with Gasteiger partial charge < -0.3 is 0 Å². The van der Waals surface area contributed by atoms with Crippen molar-refractivity contribution in [1.29, 1.82) is 0 Å². The van der Waals surface area contributed by atoms with Gasteiger partial charge in [-0.1, -0.05) is 42.5 Å². The van der Waals surface area contributed by atoms with E-state index < -0.39 is 0 Å². The summed E-state index contributed by atoms with van der Waals surface area (Å²) in [6.07, 6.45) is 1.92. The van der Waals surface area contributed by atoms with Gasteiger partial charge in [0.25, 0.3) is 0 Å². The standard InChI is InChI=1S/C18H21N3S/c1-2-8-18(9-3-1)20-19-14-16-6-4-5-7-17(16)15-21-10-12-22-13-11-21/h1-9,14,20H,10-13,15H2. The van der Waals surface area contributed by atoms with Crippen LogP contribution in [0.15, 0.2) is 59.7 Å². The third-order valence-electron chi connectivity index (χ3n) is 3.72. The van der Waals surface area contributed by atoms with Gasteiger partial charge in [0.2, 0.25) is 0 Å². The van der Waals surface area contributed by atoms with Crippen molar-refractivity contribution in [3.05, 3.63) is 65.7 Å². The van der Waals surface area contributed by atoms with E-state index in [-0.39, 0.29) is 0 Å². The van der Waals surface area contributed by atoms with Crippen molar-refractivity contribution in [3.8, 4) is 0 Å². The van der Waals surface area contributed by atoms with Crippen LogP contribution in [0.25, 0.3) is 0 Å². The third kappa shape index (κ3) is 4.36. The number of anilines is 1. The minimum atomic E-state index is 1.00. The molecule has 0 atom stereocenters. The summed E-state index contributed by atoms with van der Waals surface area (Å²) in [4.78, 5) is 2.52. The molecule has 0 aliphatic carbocycles. The average molecular weight is 311 g/mol. The molecule has 1 saturated heterocycles. The fraction of sp³-hybridized carbons (Fsp3) is 0.278. The zero-order chi connectivity index (χ0) is 15.0. The molecule has 4 heteroatoms. The Hall–Kier alpha value is -1.78. The first-order valence-corrected chi connectivity index (χ1v) is 8.79. The van der Waals surface area contributed by atoms with Crippen LogP contribution in [-0.2, 0) is 6.54 Å². The molecule has 3 rings (SSSR count). The van der Waals surface area contributed by atoms with E-state index in [0.29, 0.717) is 0 Å². The summed E-state index contributed by atoms with van der Waals surface area (Å²) in [7, 11) is 0. The number of hydrazone groups is 1. The normalized spacial score (nSPS) is 16.0. The smallest absolute Gasteiger partial charge is 0.0561 e. The Morgan fingerprint density at radius 2 is 1.73 bits per heavy atom. The molecule has 2 aromatic carbocycles. The van der Waals surface area contributed by atoms with Gasteiger partial charge in [-0.2, -0.15) is 16.9 Å². The summed E-state index contributed by atoms with van der Waals surface area (Å²) in [5, 5.41) is 4.37. The van der Waals surface area contributed by atoms with Crippen molar-refractivity contribution < 1.29 is 0 Å². The zero-order valence-corrected chi connectivity index (χ0v) is 13.4. The van der Waals surface area contributed by atoms with E-state index in [1.165, 1.54) is 35.7 Å². The number of rotatable bonds is 5. The quantitative estimate of drug-likeness (QED) is 0.674. The highest BCUT2D eigenvalue weighted by Crippen LogP contribution is 2.15. The topological polar surface area (TPSA) is 27.6 Å². The zero-order valence-electron chi connectivity index (χ0n) is 12.6. The highest BCUT2D eigenvalue weighted by atomic mass is 32.2. The molecule has 0 aromatic heterocycles. The van der Waals surface area contributed by atoms with Gasteiger partial charge in [0.1, 0.15) is 0 Å². The molecule has 0 bridgehead atoms. The minimum absolute atomic E-state index is 1.00. The molecule has 0 amide bonds. The Labute approximate surface area is 136 Å². The lowest BCUT2D eigenvalue weighted by Crippen LogP contribution is -2.32. The Morgan fingerprint density at radius 3 is 2.55 bits per heavy atom. The van der Waals surface area contributed by atoms with Gasteiger partial charge in [-0.05, 0) is 23.3 Å². The van der Waals surface area contributed by atoms with Crippen molar-refractivity contribution >= 4 is 23.7 Å². The van der Waals surface area contributed by atoms with Crippen LogP contribution in [0.3, 0.4) is 0 Å². The Balaban J connectivity index is 1.65. The van der Waals surface area contributed by atoms with Gasteiger partial charge in [-0.3, -0.25) is 10.3 Å². The summed E-state index contributed by atoms with van der Waals surface area (Å²) in [6.45, 7) is 3.37. The van der Waals surface area contributed by atoms with Gasteiger partial charge in [-0.25, -0.2) is 0 Å². The molecule has 0 unspecified atom stereocenters. The molecule has 0 saturated carbocycles. The Morgan fingerprint density at radius 1 is 1.00 bits per heavy atom. The van der Waals surface area contributed by atoms with Gasteiger partial charge in [0, 0.05) is 31.1 Å². The van der Waals surface area contributed by atoms with E-state index in [1.54, 1.807) is 0 Å². The van der Waals surface area contributed by atoms with Crippen molar-refractivity contribution in [2.45, 2.75) is 6.54 Å². The number of nitrogens with one attached hydrogen (secondary N) is 1. The van der Waals surface area contributed by atoms with Crippen LogP contribution in [0.4, 0.5) is 5.69 Å². The minimum Gasteiger partial charge on any atom is -0.297 e. The van der Waals surface area contributed by atoms with E-state index in [9.17, 15) is 0 Å². The fourth-order valence-electron chi connectivity index (χ4n) is 2.49. The summed E-state index contributed by atoms with van der Waals surface area (Å²) in [6, 6.07) is 18.5. The van der Waals surface area contributed by atoms with Crippen LogP contribution in [-0.4, -0.2) is 35.7 Å². The van der Waals surface area contributed by atoms with Crippen LogP contribution < -0.4 is 5.43 Å². The van der Waals surface area contributed by atoms with Crippen molar-refractivity contribution in [2.24, 2.45) is 5.10 Å². The maximum atomic E-state index is 4.37. The third-order valence-corrected chi connectivity index (χ3v) is 4.67. The first kappa shape index (κ1) is 15.1. The van der Waals surface area contributed by atoms with Gasteiger partial charge >= 0.3 is 0 Å². The van der Waals surface area contributed by atoms with E-state index in [2.05, 4.69) is 39.7 Å². The lowest BCUT2D eigenvalue weighted by molar-refractivity contribution is 0.294. The fourth-order valence-corrected chi connectivity index (χ4v) is 3.47. The summed E-state index contributed by atoms with van der Waals surface area (Å²) >= 11 is 2.05. The number of thioether (sulfide) groups is 1. The number of nitrogens with zero attached hydrogens (tertiary/aromatic N) is 2. The SMILES string of the molecule is C(=NNc1ccccc1)c1ccccc1CN1CCSCC1. The maximum absolute atomic E-state index is 4.37. The summed E-state index contributed by atoms with van der Waals surface area (Å²) < 4.78 is 0. The van der Waals surface area contributed by atoms with Crippen molar-refractivity contribution in [1.82, 2.24) is 4.90 Å². The molecule has 2 aromatic rings. The van der Waals surface area contributed by atoms with E-state index in [4.69, 9.17) is 0 Å². The molecule has 1 aliphatic heterocycles. The lowest BCUT2D eigenvalue weighted by Gasteiger charge is -2.26. The van der Waals surface area contributed by atoms with E-state index in [1.807, 2.05) is 48.3 Å². The molecule has 1 fully saturated rings. The second kappa shape index (κ2) is 8.01. The number of hydrogen-bond donors (Lipinski definition) is 1. The average Bonchev–Trinajstić information content (AvgIpc) is 2.58. The molecule has 0 spiro atoms. The van der Waals surface area contributed by atoms with Gasteiger partial charge in [0.05, 0.1) is 11.9 Å². The van der Waals surface area contributed by atoms with E-state index >= 15 is 0 Å². The molecule has 22 heavy (non-hydrogen) atoms. The molecule has 1 N–H and O–H groups in total. The molecular weight excluding hydrogens is 290 g/mol. The number of hydrogen-bond acceptors (Lipinski definition) is 4. The second-order valence-electron chi connectivity index (χ2n) is 5.32. The highest BCUT2D eigenvalue weighted by molar-refractivity contribution is 7.99. The van der Waals surface area contributed by atoms with Crippen LogP contribution in [0, 0.1) is 0 Å². The van der Waals surface area contributed by atoms with Gasteiger partial charge in [0.15, 0.2) is 0 Å². The monoisotopic (exact) mass is 311 g/mol. The molecule has 0 radical (unpaired) electrons. The Bertz CT molecular complexity index is 607. The number of para-hydroxylation sites is 1. The first-order chi connectivity index (χ1) is 10.9. The summed E-state index contributed by atoms with van der Waals surface area (Å²) in [5.41, 5.74) is 6.61. The van der Waals surface area contributed by atoms with Crippen LogP contribution >= 0.6 is 11.8 Å². The van der Waals surface area contributed by atoms with Crippen molar-refractivity contribution in [3.63, 3.8) is 0 Å². The molecule has 1 heterocycles. The molecule has 114 valence electrons. The predicted octanol–water partition coefficient (Wildman–Crippen LogP) is 3.68. The first-order valence-electron chi connectivity index (χ1n) is 7.64. The second-order valence-corrected chi connectivity index (χ2v) is 6.55. The van der Waals surface area contributed by atoms with Crippen LogP contribution in [0.1, 0.15) is 11.1 Å². The predicted molar refractivity (Wildman–Crippen MR) is 96.7 cm³/mol. The number of benzene rings is 2. The van der Waals surface area contributed by atoms with Crippen LogP contribution in [0.5, 0.6) is 0 Å². The largest absolute Gasteiger partial charge is 0.297 e. The highest BCUT2D eigenvalue weighted by Gasteiger charge is 2.11. The Kier molecular flexibility index (Phi) is 5.51. The lowest BCUT2D eigenvalue weighted by atomic mass is 10.1. The molecule has 3 nitrogen and oxygen atoms in total. The van der Waals surface area contributed by atoms with Crippen molar-refractivity contribution in [2.75, 3.05) is 30.0 Å². The maximum Gasteiger partial charge on any atom is 0.0561 e. The molecular formula is C18H21N3S. The summed E-state index contributed by atoms with van der Waals surface area (Å²) in [5.74, 6) is 2.48. The van der Waals surface area contributed by atoms with E-state index in [0.717, 1.165) is 12.2 Å². The van der Waals surface area contributed by atoms with Gasteiger partial charge in [-0.15, -0.1) is 0 Å². The molecule has 1 aliphatic rings.